The number of hydrogen-bond acceptors (Lipinski definition) is 5. The number of carbonyl (C=O) groups excluding carboxylic acids is 1. The van der Waals surface area contributed by atoms with Gasteiger partial charge in [0.05, 0.1) is 11.5 Å². The number of hydrogen-bond donors (Lipinski definition) is 2. The van der Waals surface area contributed by atoms with E-state index in [1.165, 1.54) is 11.3 Å². The van der Waals surface area contributed by atoms with Crippen molar-refractivity contribution in [1.82, 2.24) is 10.3 Å². The molecule has 1 saturated heterocycles. The zero-order valence-electron chi connectivity index (χ0n) is 12.0. The van der Waals surface area contributed by atoms with E-state index in [9.17, 15) is 4.79 Å². The highest BCUT2D eigenvalue weighted by molar-refractivity contribution is 7.21. The summed E-state index contributed by atoms with van der Waals surface area (Å²) in [7, 11) is 2.08. The molecule has 1 aromatic carbocycles. The SMILES string of the molecule is CN(Cc1c(C(=O)NN)sc2ccccc12)C1CCOC1. The van der Waals surface area contributed by atoms with Crippen LogP contribution < -0.4 is 11.3 Å². The lowest BCUT2D eigenvalue weighted by molar-refractivity contribution is 0.0955. The van der Waals surface area contributed by atoms with Gasteiger partial charge in [0.15, 0.2) is 0 Å². The Morgan fingerprint density at radius 1 is 1.52 bits per heavy atom. The second kappa shape index (κ2) is 6.11. The standard InChI is InChI=1S/C15H19N3O2S/c1-18(10-6-7-20-9-10)8-12-11-4-2-3-5-13(11)21-14(12)15(19)17-16/h2-5,10H,6-9,16H2,1H3,(H,17,19). The first-order valence-electron chi connectivity index (χ1n) is 7.00. The van der Waals surface area contributed by atoms with Crippen molar-refractivity contribution < 1.29 is 9.53 Å². The molecule has 6 heteroatoms. The van der Waals surface area contributed by atoms with Crippen LogP contribution >= 0.6 is 11.3 Å². The molecule has 5 nitrogen and oxygen atoms in total. The number of likely N-dealkylation sites (N-methyl/N-ethyl adjacent to an activating group) is 1. The number of amides is 1. The summed E-state index contributed by atoms with van der Waals surface area (Å²) in [6, 6.07) is 8.50. The lowest BCUT2D eigenvalue weighted by Crippen LogP contribution is -2.33. The molecule has 1 aliphatic heterocycles. The minimum atomic E-state index is -0.220. The fourth-order valence-electron chi connectivity index (χ4n) is 2.75. The first-order chi connectivity index (χ1) is 10.2. The normalized spacial score (nSPS) is 18.5. The van der Waals surface area contributed by atoms with Crippen LogP contribution in [0.15, 0.2) is 24.3 Å². The summed E-state index contributed by atoms with van der Waals surface area (Å²) in [6.07, 6.45) is 1.04. The monoisotopic (exact) mass is 305 g/mol. The number of fused-ring (bicyclic) bond motifs is 1. The molecular weight excluding hydrogens is 286 g/mol. The van der Waals surface area contributed by atoms with Crippen molar-refractivity contribution in [3.63, 3.8) is 0 Å². The van der Waals surface area contributed by atoms with Crippen LogP contribution in [0.25, 0.3) is 10.1 Å². The predicted molar refractivity (Wildman–Crippen MR) is 84.2 cm³/mol. The zero-order chi connectivity index (χ0) is 14.8. The van der Waals surface area contributed by atoms with Crippen molar-refractivity contribution in [2.24, 2.45) is 5.84 Å². The third-order valence-electron chi connectivity index (χ3n) is 3.97. The molecule has 3 rings (SSSR count). The Labute approximate surface area is 127 Å². The van der Waals surface area contributed by atoms with Crippen LogP contribution in [-0.2, 0) is 11.3 Å². The molecule has 3 N–H and O–H groups in total. The third-order valence-corrected chi connectivity index (χ3v) is 5.18. The summed E-state index contributed by atoms with van der Waals surface area (Å²) < 4.78 is 6.56. The van der Waals surface area contributed by atoms with Gasteiger partial charge in [0.25, 0.3) is 5.91 Å². The van der Waals surface area contributed by atoms with Crippen molar-refractivity contribution in [1.29, 1.82) is 0 Å². The number of ether oxygens (including phenoxy) is 1. The zero-order valence-corrected chi connectivity index (χ0v) is 12.8. The lowest BCUT2D eigenvalue weighted by Gasteiger charge is -2.23. The van der Waals surface area contributed by atoms with E-state index in [4.69, 9.17) is 10.6 Å². The highest BCUT2D eigenvalue weighted by atomic mass is 32.1. The molecule has 1 atom stereocenters. The number of carbonyl (C=O) groups is 1. The maximum atomic E-state index is 12.0. The van der Waals surface area contributed by atoms with Gasteiger partial charge >= 0.3 is 0 Å². The molecule has 2 aromatic rings. The van der Waals surface area contributed by atoms with E-state index in [1.54, 1.807) is 0 Å². The number of thiophene rings is 1. The maximum absolute atomic E-state index is 12.0. The first kappa shape index (κ1) is 14.5. The number of nitrogens with two attached hydrogens (primary N) is 1. The summed E-state index contributed by atoms with van der Waals surface area (Å²) in [6.45, 7) is 2.30. The van der Waals surface area contributed by atoms with E-state index in [2.05, 4.69) is 23.4 Å². The third kappa shape index (κ3) is 2.80. The van der Waals surface area contributed by atoms with Crippen LogP contribution in [0.5, 0.6) is 0 Å². The molecule has 0 bridgehead atoms. The van der Waals surface area contributed by atoms with Crippen LogP contribution in [0.1, 0.15) is 21.7 Å². The van der Waals surface area contributed by atoms with Crippen molar-refractivity contribution in [3.05, 3.63) is 34.7 Å². The van der Waals surface area contributed by atoms with Crippen LogP contribution in [-0.4, -0.2) is 37.1 Å². The van der Waals surface area contributed by atoms with Crippen LogP contribution in [0.2, 0.25) is 0 Å². The van der Waals surface area contributed by atoms with Crippen LogP contribution in [0.3, 0.4) is 0 Å². The van der Waals surface area contributed by atoms with E-state index >= 15 is 0 Å². The van der Waals surface area contributed by atoms with Gasteiger partial charge in [0.2, 0.25) is 0 Å². The molecule has 0 spiro atoms. The fourth-order valence-corrected chi connectivity index (χ4v) is 3.87. The minimum Gasteiger partial charge on any atom is -0.380 e. The minimum absolute atomic E-state index is 0.220. The van der Waals surface area contributed by atoms with Gasteiger partial charge in [-0.15, -0.1) is 11.3 Å². The van der Waals surface area contributed by atoms with Gasteiger partial charge in [0.1, 0.15) is 0 Å². The van der Waals surface area contributed by atoms with Crippen molar-refractivity contribution >= 4 is 27.3 Å². The van der Waals surface area contributed by atoms with E-state index < -0.39 is 0 Å². The Bertz CT molecular complexity index is 649. The van der Waals surface area contributed by atoms with Gasteiger partial charge in [-0.3, -0.25) is 15.1 Å². The molecule has 1 amide bonds. The maximum Gasteiger partial charge on any atom is 0.275 e. The number of rotatable bonds is 4. The summed E-state index contributed by atoms with van der Waals surface area (Å²) in [5.74, 6) is 5.10. The van der Waals surface area contributed by atoms with Gasteiger partial charge < -0.3 is 4.74 Å². The second-order valence-corrected chi connectivity index (χ2v) is 6.36. The molecule has 1 aliphatic rings. The highest BCUT2D eigenvalue weighted by Gasteiger charge is 2.24. The quantitative estimate of drug-likeness (QED) is 0.513. The Morgan fingerprint density at radius 3 is 3.05 bits per heavy atom. The number of nitrogen functional groups attached to an aromatic ring is 1. The van der Waals surface area contributed by atoms with Crippen molar-refractivity contribution in [2.75, 3.05) is 20.3 Å². The molecular formula is C15H19N3O2S. The smallest absolute Gasteiger partial charge is 0.275 e. The molecule has 2 heterocycles. The van der Waals surface area contributed by atoms with E-state index in [1.807, 2.05) is 18.2 Å². The fraction of sp³-hybridized carbons (Fsp3) is 0.400. The van der Waals surface area contributed by atoms with Crippen molar-refractivity contribution in [2.45, 2.75) is 19.0 Å². The second-order valence-electron chi connectivity index (χ2n) is 5.31. The molecule has 21 heavy (non-hydrogen) atoms. The molecule has 0 saturated carbocycles. The predicted octanol–water partition coefficient (Wildman–Crippen LogP) is 1.73. The van der Waals surface area contributed by atoms with E-state index in [0.29, 0.717) is 10.9 Å². The lowest BCUT2D eigenvalue weighted by atomic mass is 10.1. The summed E-state index contributed by atoms with van der Waals surface area (Å²) >= 11 is 1.49. The molecule has 0 radical (unpaired) electrons. The summed E-state index contributed by atoms with van der Waals surface area (Å²) in [5, 5.41) is 1.13. The van der Waals surface area contributed by atoms with Gasteiger partial charge in [-0.2, -0.15) is 0 Å². The topological polar surface area (TPSA) is 67.6 Å². The molecule has 112 valence electrons. The van der Waals surface area contributed by atoms with Gasteiger partial charge in [-0.05, 0) is 30.5 Å². The number of hydrazine groups is 1. The van der Waals surface area contributed by atoms with Gasteiger partial charge in [-0.25, -0.2) is 5.84 Å². The molecule has 1 aromatic heterocycles. The Kier molecular flexibility index (Phi) is 4.21. The summed E-state index contributed by atoms with van der Waals surface area (Å²) in [4.78, 5) is 15.0. The number of nitrogens with one attached hydrogen (secondary N) is 1. The van der Waals surface area contributed by atoms with Crippen molar-refractivity contribution in [3.8, 4) is 0 Å². The Morgan fingerprint density at radius 2 is 2.33 bits per heavy atom. The molecule has 1 unspecified atom stereocenters. The molecule has 1 fully saturated rings. The highest BCUT2D eigenvalue weighted by Crippen LogP contribution is 2.32. The largest absolute Gasteiger partial charge is 0.380 e. The Hall–Kier alpha value is -1.47. The average Bonchev–Trinajstić information content (AvgIpc) is 3.15. The molecule has 0 aliphatic carbocycles. The van der Waals surface area contributed by atoms with Gasteiger partial charge in [-0.1, -0.05) is 18.2 Å². The Balaban J connectivity index is 1.96. The van der Waals surface area contributed by atoms with Gasteiger partial charge in [0, 0.05) is 23.9 Å². The summed E-state index contributed by atoms with van der Waals surface area (Å²) in [5.41, 5.74) is 3.30. The van der Waals surface area contributed by atoms with E-state index in [0.717, 1.165) is 41.8 Å². The number of benzene rings is 1. The van der Waals surface area contributed by atoms with Crippen LogP contribution in [0.4, 0.5) is 0 Å². The van der Waals surface area contributed by atoms with Crippen LogP contribution in [0, 0.1) is 0 Å². The van der Waals surface area contributed by atoms with E-state index in [-0.39, 0.29) is 5.91 Å². The average molecular weight is 305 g/mol. The first-order valence-corrected chi connectivity index (χ1v) is 7.81. The number of nitrogens with zero attached hydrogens (tertiary/aromatic N) is 1.